The summed E-state index contributed by atoms with van der Waals surface area (Å²) in [5.74, 6) is 2.28. The molecule has 0 unspecified atom stereocenters. The third kappa shape index (κ3) is 8.59. The van der Waals surface area contributed by atoms with E-state index in [1.54, 1.807) is 17.4 Å². The maximum Gasteiger partial charge on any atom is 0.348 e. The first kappa shape index (κ1) is 42.7. The summed E-state index contributed by atoms with van der Waals surface area (Å²) in [5, 5.41) is 38.5. The number of phenolic OH excluding ortho intramolecular Hbond substituents is 2. The highest BCUT2D eigenvalue weighted by atomic mass is 35.5. The molecule has 6 aromatic rings. The van der Waals surface area contributed by atoms with E-state index in [9.17, 15) is 19.8 Å². The van der Waals surface area contributed by atoms with Gasteiger partial charge in [0.1, 0.15) is 28.4 Å². The number of thiophene rings is 1. The van der Waals surface area contributed by atoms with Crippen molar-refractivity contribution >= 4 is 34.6 Å². The lowest BCUT2D eigenvalue weighted by atomic mass is 9.95. The number of fused-ring (bicyclic) bond motifs is 3. The molecule has 0 aliphatic carbocycles. The fourth-order valence-corrected chi connectivity index (χ4v) is 10.6. The zero-order valence-corrected chi connectivity index (χ0v) is 37.7. The molecule has 1 amide bonds. The highest BCUT2D eigenvalue weighted by Gasteiger charge is 2.34. The first-order valence-corrected chi connectivity index (χ1v) is 23.1. The number of hydrogen-bond donors (Lipinski definition) is 3. The Labute approximate surface area is 375 Å². The number of amides is 1. The van der Waals surface area contributed by atoms with Crippen molar-refractivity contribution in [3.05, 3.63) is 121 Å². The van der Waals surface area contributed by atoms with Crippen molar-refractivity contribution in [2.75, 3.05) is 45.8 Å². The summed E-state index contributed by atoms with van der Waals surface area (Å²) >= 11 is 8.00. The third-order valence-electron chi connectivity index (χ3n) is 12.9. The van der Waals surface area contributed by atoms with E-state index in [1.807, 2.05) is 67.3 Å². The Morgan fingerprint density at radius 3 is 2.32 bits per heavy atom. The average molecular weight is 890 g/mol. The molecule has 3 N–H and O–H groups in total. The van der Waals surface area contributed by atoms with Gasteiger partial charge in [0.05, 0.1) is 23.4 Å². The van der Waals surface area contributed by atoms with Crippen molar-refractivity contribution in [3.8, 4) is 33.6 Å². The minimum absolute atomic E-state index is 0.0236. The van der Waals surface area contributed by atoms with Crippen LogP contribution in [-0.4, -0.2) is 112 Å². The molecule has 3 aromatic carbocycles. The summed E-state index contributed by atoms with van der Waals surface area (Å²) in [6, 6.07) is 18.2. The molecule has 16 heteroatoms. The van der Waals surface area contributed by atoms with Gasteiger partial charge in [-0.05, 0) is 93.0 Å². The van der Waals surface area contributed by atoms with Crippen LogP contribution in [0.3, 0.4) is 0 Å². The van der Waals surface area contributed by atoms with Gasteiger partial charge in [-0.1, -0.05) is 49.2 Å². The van der Waals surface area contributed by atoms with Crippen LogP contribution in [0.15, 0.2) is 70.5 Å². The van der Waals surface area contributed by atoms with Crippen LogP contribution in [-0.2, 0) is 17.8 Å². The number of halogens is 1. The second-order valence-corrected chi connectivity index (χ2v) is 18.8. The van der Waals surface area contributed by atoms with Crippen molar-refractivity contribution < 1.29 is 15.0 Å². The van der Waals surface area contributed by atoms with E-state index < -0.39 is 11.7 Å². The maximum atomic E-state index is 14.1. The van der Waals surface area contributed by atoms with Gasteiger partial charge in [0.25, 0.3) is 0 Å². The molecule has 2 fully saturated rings. The first-order chi connectivity index (χ1) is 30.4. The number of carbonyl (C=O) groups is 1. The standard InChI is InChI=1S/C47H53ClN10O4S/c1-5-6-34-23-37(40(60)25-39(34)59)44-51-53-47(62)58(44)36-13-7-31(8-14-36)26-54-19-21-55(22-20-54)27-32-15-17-56(18-16-32)41(61)24-38-45-52-50-30(4)57(45)46-42(28(2)29(3)63-46)43(49-38)33-9-11-35(48)12-10-33/h7-14,23,25,32,38,59-60H,5-6,15-22,24,26-27H2,1-4H3,(H,53,62)/t38-/m0/s1. The zero-order valence-electron chi connectivity index (χ0n) is 36.1. The number of aromatic hydroxyl groups is 2. The number of nitrogens with zero attached hydrogens (tertiary/aromatic N) is 9. The topological polar surface area (TPSA) is 161 Å². The molecule has 0 saturated carbocycles. The molecule has 6 heterocycles. The zero-order chi connectivity index (χ0) is 43.9. The van der Waals surface area contributed by atoms with Gasteiger partial charge < -0.3 is 20.0 Å². The van der Waals surface area contributed by atoms with Gasteiger partial charge in [-0.25, -0.2) is 14.5 Å². The summed E-state index contributed by atoms with van der Waals surface area (Å²) in [7, 11) is 0. The van der Waals surface area contributed by atoms with Gasteiger partial charge in [0.15, 0.2) is 11.6 Å². The van der Waals surface area contributed by atoms with Crippen LogP contribution in [0.5, 0.6) is 11.5 Å². The molecule has 0 radical (unpaired) electrons. The molecule has 14 nitrogen and oxygen atoms in total. The molecular formula is C47H53ClN10O4S. The summed E-state index contributed by atoms with van der Waals surface area (Å²) in [6.45, 7) is 15.4. The van der Waals surface area contributed by atoms with E-state index in [2.05, 4.69) is 48.6 Å². The third-order valence-corrected chi connectivity index (χ3v) is 14.3. The fraction of sp³-hybridized carbons (Fsp3) is 0.404. The lowest BCUT2D eigenvalue weighted by Gasteiger charge is -2.39. The van der Waals surface area contributed by atoms with Gasteiger partial charge >= 0.3 is 5.69 Å². The minimum Gasteiger partial charge on any atom is -0.508 e. The van der Waals surface area contributed by atoms with E-state index in [1.165, 1.54) is 21.1 Å². The Bertz CT molecular complexity index is 2720. The summed E-state index contributed by atoms with van der Waals surface area (Å²) < 4.78 is 3.55. The second-order valence-electron chi connectivity index (χ2n) is 17.1. The Morgan fingerprint density at radius 1 is 0.889 bits per heavy atom. The van der Waals surface area contributed by atoms with Crippen molar-refractivity contribution in [2.45, 2.75) is 72.4 Å². The Hall–Kier alpha value is -5.61. The van der Waals surface area contributed by atoms with E-state index in [0.29, 0.717) is 40.0 Å². The highest BCUT2D eigenvalue weighted by molar-refractivity contribution is 7.15. The number of likely N-dealkylation sites (tertiary alicyclic amines) is 1. The smallest absolute Gasteiger partial charge is 0.348 e. The van der Waals surface area contributed by atoms with Gasteiger partial charge in [-0.3, -0.25) is 19.3 Å². The molecule has 63 heavy (non-hydrogen) atoms. The quantitative estimate of drug-likeness (QED) is 0.123. The number of piperidine rings is 1. The van der Waals surface area contributed by atoms with Crippen molar-refractivity contribution in [3.63, 3.8) is 0 Å². The summed E-state index contributed by atoms with van der Waals surface area (Å²) in [4.78, 5) is 40.5. The van der Waals surface area contributed by atoms with Crippen LogP contribution in [0.4, 0.5) is 0 Å². The average Bonchev–Trinajstić information content (AvgIpc) is 3.92. The maximum absolute atomic E-state index is 14.1. The van der Waals surface area contributed by atoms with Crippen molar-refractivity contribution in [1.29, 1.82) is 0 Å². The molecular weight excluding hydrogens is 836 g/mol. The van der Waals surface area contributed by atoms with Crippen LogP contribution < -0.4 is 5.69 Å². The molecule has 0 bridgehead atoms. The van der Waals surface area contributed by atoms with E-state index in [-0.39, 0.29) is 29.7 Å². The Morgan fingerprint density at radius 2 is 1.60 bits per heavy atom. The molecule has 3 aliphatic rings. The number of aromatic amines is 1. The minimum atomic E-state index is -0.476. The number of H-pyrrole nitrogens is 1. The van der Waals surface area contributed by atoms with Crippen LogP contribution in [0.25, 0.3) is 22.1 Å². The van der Waals surface area contributed by atoms with Crippen molar-refractivity contribution in [2.24, 2.45) is 10.9 Å². The summed E-state index contributed by atoms with van der Waals surface area (Å²) in [6.07, 6.45) is 3.63. The number of nitrogens with one attached hydrogen (secondary N) is 1. The van der Waals surface area contributed by atoms with Crippen LogP contribution in [0, 0.1) is 26.7 Å². The number of rotatable bonds is 11. The number of piperazine rings is 1. The lowest BCUT2D eigenvalue weighted by molar-refractivity contribution is -0.133. The molecule has 2 saturated heterocycles. The van der Waals surface area contributed by atoms with E-state index >= 15 is 0 Å². The first-order valence-electron chi connectivity index (χ1n) is 21.9. The predicted molar refractivity (Wildman–Crippen MR) is 246 cm³/mol. The largest absolute Gasteiger partial charge is 0.508 e. The second kappa shape index (κ2) is 17.9. The highest BCUT2D eigenvalue weighted by Crippen LogP contribution is 2.40. The van der Waals surface area contributed by atoms with E-state index in [0.717, 1.165) is 105 Å². The molecule has 9 rings (SSSR count). The molecule has 1 atom stereocenters. The number of aromatic nitrogens is 6. The number of benzene rings is 3. The van der Waals surface area contributed by atoms with Gasteiger partial charge in [0, 0.05) is 79.5 Å². The SMILES string of the molecule is CCCc1cc(-c2n[nH]c(=O)n2-c2ccc(CN3CCN(CC4CCN(C(=O)C[C@@H]5N=C(c6ccc(Cl)cc6)c6c(sc(C)c6C)-n6c(C)nnc65)CC4)CC3)cc2)c(O)cc1O. The molecule has 328 valence electrons. The molecule has 0 spiro atoms. The van der Waals surface area contributed by atoms with Crippen LogP contribution >= 0.6 is 22.9 Å². The van der Waals surface area contributed by atoms with Crippen LogP contribution in [0.2, 0.25) is 5.02 Å². The Kier molecular flexibility index (Phi) is 12.1. The number of hydrogen-bond acceptors (Lipinski definition) is 11. The van der Waals surface area contributed by atoms with Gasteiger partial charge in [-0.15, -0.1) is 21.5 Å². The van der Waals surface area contributed by atoms with Gasteiger partial charge in [-0.2, -0.15) is 5.10 Å². The number of aryl methyl sites for hydroxylation is 3. The lowest BCUT2D eigenvalue weighted by Crippen LogP contribution is -2.48. The van der Waals surface area contributed by atoms with Crippen molar-refractivity contribution in [1.82, 2.24) is 44.2 Å². The van der Waals surface area contributed by atoms with Crippen LogP contribution in [0.1, 0.15) is 83.0 Å². The summed E-state index contributed by atoms with van der Waals surface area (Å²) in [5.41, 5.74) is 6.49. The predicted octanol–water partition coefficient (Wildman–Crippen LogP) is 7.15. The number of phenols is 2. The number of aliphatic imine (C=N–C) groups is 1. The fourth-order valence-electron chi connectivity index (χ4n) is 9.28. The molecule has 3 aliphatic heterocycles. The monoisotopic (exact) mass is 888 g/mol. The molecule has 3 aromatic heterocycles. The Balaban J connectivity index is 0.787. The normalized spacial score (nSPS) is 17.4. The number of carbonyl (C=O) groups excluding carboxylic acids is 1. The van der Waals surface area contributed by atoms with E-state index in [4.69, 9.17) is 16.6 Å². The van der Waals surface area contributed by atoms with Gasteiger partial charge in [0.2, 0.25) is 5.91 Å².